The molecule has 5 nitrogen and oxygen atoms in total. The lowest BCUT2D eigenvalue weighted by molar-refractivity contribution is -0.130. The van der Waals surface area contributed by atoms with Crippen molar-refractivity contribution in [1.29, 1.82) is 0 Å². The van der Waals surface area contributed by atoms with Crippen molar-refractivity contribution in [2.75, 3.05) is 13.1 Å². The first kappa shape index (κ1) is 13.0. The van der Waals surface area contributed by atoms with Crippen LogP contribution >= 0.6 is 0 Å². The number of hydrogen-bond donors (Lipinski definition) is 2. The molecule has 0 aromatic heterocycles. The molecule has 0 aliphatic carbocycles. The summed E-state index contributed by atoms with van der Waals surface area (Å²) < 4.78 is 0. The summed E-state index contributed by atoms with van der Waals surface area (Å²) in [6.45, 7) is 3.14. The molecule has 1 saturated heterocycles. The summed E-state index contributed by atoms with van der Waals surface area (Å²) >= 11 is 0. The van der Waals surface area contributed by atoms with E-state index in [4.69, 9.17) is 11.5 Å². The van der Waals surface area contributed by atoms with E-state index in [1.54, 1.807) is 4.90 Å². The van der Waals surface area contributed by atoms with Crippen LogP contribution in [0.3, 0.4) is 0 Å². The van der Waals surface area contributed by atoms with Crippen molar-refractivity contribution in [1.82, 2.24) is 4.90 Å². The summed E-state index contributed by atoms with van der Waals surface area (Å²) in [5, 5.41) is 0. The maximum absolute atomic E-state index is 11.8. The topological polar surface area (TPSA) is 89.4 Å². The summed E-state index contributed by atoms with van der Waals surface area (Å²) in [6, 6.07) is -0.0647. The van der Waals surface area contributed by atoms with E-state index in [-0.39, 0.29) is 23.8 Å². The number of nitrogens with two attached hydrogens (primary N) is 2. The van der Waals surface area contributed by atoms with Crippen LogP contribution in [-0.4, -0.2) is 35.8 Å². The van der Waals surface area contributed by atoms with Gasteiger partial charge in [-0.25, -0.2) is 0 Å². The van der Waals surface area contributed by atoms with Crippen LogP contribution in [0.25, 0.3) is 0 Å². The molecule has 0 bridgehead atoms. The fourth-order valence-electron chi connectivity index (χ4n) is 2.05. The Kier molecular flexibility index (Phi) is 4.73. The number of rotatable bonds is 5. The van der Waals surface area contributed by atoms with Crippen LogP contribution in [-0.2, 0) is 9.59 Å². The molecule has 0 radical (unpaired) electrons. The summed E-state index contributed by atoms with van der Waals surface area (Å²) in [6.07, 6.45) is 2.90. The van der Waals surface area contributed by atoms with E-state index < -0.39 is 0 Å². The minimum atomic E-state index is -0.312. The van der Waals surface area contributed by atoms with Gasteiger partial charge in [0.15, 0.2) is 0 Å². The Hall–Kier alpha value is -1.10. The van der Waals surface area contributed by atoms with Gasteiger partial charge >= 0.3 is 0 Å². The lowest BCUT2D eigenvalue weighted by atomic mass is 10.1. The largest absolute Gasteiger partial charge is 0.369 e. The van der Waals surface area contributed by atoms with Gasteiger partial charge in [-0.05, 0) is 12.8 Å². The van der Waals surface area contributed by atoms with Gasteiger partial charge in [-0.3, -0.25) is 9.59 Å². The van der Waals surface area contributed by atoms with E-state index in [9.17, 15) is 9.59 Å². The molecule has 1 aliphatic rings. The molecule has 2 atom stereocenters. The van der Waals surface area contributed by atoms with Gasteiger partial charge in [0.2, 0.25) is 11.8 Å². The number of carbonyl (C=O) groups excluding carboxylic acids is 2. The zero-order valence-corrected chi connectivity index (χ0v) is 9.82. The van der Waals surface area contributed by atoms with E-state index in [0.29, 0.717) is 25.9 Å². The first-order valence-corrected chi connectivity index (χ1v) is 5.87. The molecule has 4 N–H and O–H groups in total. The van der Waals surface area contributed by atoms with Gasteiger partial charge in [0, 0.05) is 25.6 Å². The Labute approximate surface area is 96.1 Å². The predicted octanol–water partition coefficient (Wildman–Crippen LogP) is -0.162. The Morgan fingerprint density at radius 3 is 2.69 bits per heavy atom. The monoisotopic (exact) mass is 227 g/mol. The third-order valence-electron chi connectivity index (χ3n) is 3.04. The molecular formula is C11H21N3O2. The highest BCUT2D eigenvalue weighted by Crippen LogP contribution is 2.17. The van der Waals surface area contributed by atoms with Crippen molar-refractivity contribution >= 4 is 11.8 Å². The van der Waals surface area contributed by atoms with Crippen LogP contribution < -0.4 is 11.5 Å². The normalized spacial score (nSPS) is 22.1. The number of nitrogens with zero attached hydrogens (tertiary/aromatic N) is 1. The number of primary amides is 1. The summed E-state index contributed by atoms with van der Waals surface area (Å²) in [4.78, 5) is 24.4. The molecule has 0 saturated carbocycles. The third-order valence-corrected chi connectivity index (χ3v) is 3.04. The highest BCUT2D eigenvalue weighted by molar-refractivity contribution is 5.81. The minimum absolute atomic E-state index is 0.0460. The Morgan fingerprint density at radius 1 is 1.50 bits per heavy atom. The quantitative estimate of drug-likeness (QED) is 0.683. The van der Waals surface area contributed by atoms with Crippen molar-refractivity contribution in [3.8, 4) is 0 Å². The average molecular weight is 227 g/mol. The first-order valence-electron chi connectivity index (χ1n) is 5.87. The van der Waals surface area contributed by atoms with Gasteiger partial charge in [-0.15, -0.1) is 0 Å². The lowest BCUT2D eigenvalue weighted by Crippen LogP contribution is -2.35. The molecule has 16 heavy (non-hydrogen) atoms. The molecular weight excluding hydrogens is 206 g/mol. The van der Waals surface area contributed by atoms with Gasteiger partial charge in [0.25, 0.3) is 0 Å². The van der Waals surface area contributed by atoms with Crippen LogP contribution in [0, 0.1) is 5.92 Å². The maximum atomic E-state index is 11.8. The molecule has 2 unspecified atom stereocenters. The van der Waals surface area contributed by atoms with E-state index in [1.807, 2.05) is 6.92 Å². The molecule has 0 aromatic rings. The van der Waals surface area contributed by atoms with Crippen LogP contribution in [0.15, 0.2) is 0 Å². The number of likely N-dealkylation sites (tertiary alicyclic amines) is 1. The van der Waals surface area contributed by atoms with Crippen molar-refractivity contribution in [3.05, 3.63) is 0 Å². The first-order chi connectivity index (χ1) is 7.54. The standard InChI is InChI=1S/C11H21N3O2/c1-2-3-9(12)6-10(15)14-5-4-8(7-14)11(13)16/h8-9H,2-7,12H2,1H3,(H2,13,16). The third kappa shape index (κ3) is 3.48. The van der Waals surface area contributed by atoms with E-state index >= 15 is 0 Å². The molecule has 1 aliphatic heterocycles. The van der Waals surface area contributed by atoms with Crippen molar-refractivity contribution in [2.24, 2.45) is 17.4 Å². The summed E-state index contributed by atoms with van der Waals surface area (Å²) in [7, 11) is 0. The fourth-order valence-corrected chi connectivity index (χ4v) is 2.05. The molecule has 0 spiro atoms. The van der Waals surface area contributed by atoms with Gasteiger partial charge in [-0.2, -0.15) is 0 Å². The molecule has 0 aromatic carbocycles. The van der Waals surface area contributed by atoms with Crippen LogP contribution in [0.2, 0.25) is 0 Å². The second-order valence-corrected chi connectivity index (χ2v) is 4.48. The van der Waals surface area contributed by atoms with Crippen molar-refractivity contribution in [3.63, 3.8) is 0 Å². The zero-order chi connectivity index (χ0) is 12.1. The van der Waals surface area contributed by atoms with E-state index in [1.165, 1.54) is 0 Å². The van der Waals surface area contributed by atoms with Gasteiger partial charge in [0.05, 0.1) is 5.92 Å². The predicted molar refractivity (Wildman–Crippen MR) is 61.4 cm³/mol. The highest BCUT2D eigenvalue weighted by atomic mass is 16.2. The number of hydrogen-bond acceptors (Lipinski definition) is 3. The Bertz CT molecular complexity index is 268. The molecule has 92 valence electrons. The van der Waals surface area contributed by atoms with Gasteiger partial charge in [0.1, 0.15) is 0 Å². The summed E-state index contributed by atoms with van der Waals surface area (Å²) in [5.74, 6) is -0.441. The number of carbonyl (C=O) groups is 2. The maximum Gasteiger partial charge on any atom is 0.224 e. The van der Waals surface area contributed by atoms with Crippen LogP contribution in [0.4, 0.5) is 0 Å². The summed E-state index contributed by atoms with van der Waals surface area (Å²) in [5.41, 5.74) is 11.0. The fraction of sp³-hybridized carbons (Fsp3) is 0.818. The molecule has 5 heteroatoms. The van der Waals surface area contributed by atoms with Crippen molar-refractivity contribution < 1.29 is 9.59 Å². The molecule has 1 rings (SSSR count). The van der Waals surface area contributed by atoms with E-state index in [0.717, 1.165) is 12.8 Å². The zero-order valence-electron chi connectivity index (χ0n) is 9.82. The molecule has 1 heterocycles. The minimum Gasteiger partial charge on any atom is -0.369 e. The SMILES string of the molecule is CCCC(N)CC(=O)N1CCC(C(N)=O)C1. The second-order valence-electron chi connectivity index (χ2n) is 4.48. The highest BCUT2D eigenvalue weighted by Gasteiger charge is 2.29. The Morgan fingerprint density at radius 2 is 2.19 bits per heavy atom. The smallest absolute Gasteiger partial charge is 0.224 e. The average Bonchev–Trinajstić information content (AvgIpc) is 2.66. The second kappa shape index (κ2) is 5.84. The lowest BCUT2D eigenvalue weighted by Gasteiger charge is -2.18. The number of amides is 2. The van der Waals surface area contributed by atoms with Crippen LogP contribution in [0.1, 0.15) is 32.6 Å². The van der Waals surface area contributed by atoms with Crippen LogP contribution in [0.5, 0.6) is 0 Å². The van der Waals surface area contributed by atoms with Crippen molar-refractivity contribution in [2.45, 2.75) is 38.6 Å². The Balaban J connectivity index is 2.36. The molecule has 1 fully saturated rings. The van der Waals surface area contributed by atoms with Gasteiger partial charge in [-0.1, -0.05) is 13.3 Å². The van der Waals surface area contributed by atoms with Gasteiger partial charge < -0.3 is 16.4 Å². The molecule has 2 amide bonds. The van der Waals surface area contributed by atoms with E-state index in [2.05, 4.69) is 0 Å².